The number of rotatable bonds is 8. The normalized spacial score (nSPS) is 41.7. The van der Waals surface area contributed by atoms with Gasteiger partial charge in [-0.3, -0.25) is 9.59 Å². The van der Waals surface area contributed by atoms with E-state index in [4.69, 9.17) is 14.2 Å². The summed E-state index contributed by atoms with van der Waals surface area (Å²) in [6.45, 7) is 21.8. The van der Waals surface area contributed by atoms with Crippen molar-refractivity contribution in [2.75, 3.05) is 20.3 Å². The first-order chi connectivity index (χ1) is 22.1. The van der Waals surface area contributed by atoms with Gasteiger partial charge in [-0.15, -0.1) is 0 Å². The summed E-state index contributed by atoms with van der Waals surface area (Å²) in [5.41, 5.74) is 1.49. The molecule has 0 bridgehead atoms. The smallest absolute Gasteiger partial charge is 0.302 e. The lowest BCUT2D eigenvalue weighted by Gasteiger charge is -2.72. The van der Waals surface area contributed by atoms with Crippen LogP contribution < -0.4 is 14.8 Å². The van der Waals surface area contributed by atoms with Crippen LogP contribution >= 0.6 is 0 Å². The number of carbonyl (C=O) groups excluding carboxylic acids is 2. The van der Waals surface area contributed by atoms with Gasteiger partial charge in [0.25, 0.3) is 0 Å². The fourth-order valence-corrected chi connectivity index (χ4v) is 13.1. The molecule has 0 radical (unpaired) electrons. The molecule has 260 valence electrons. The predicted molar refractivity (Wildman–Crippen MR) is 186 cm³/mol. The number of allylic oxidation sites excluding steroid dienone is 1. The topological polar surface area (TPSA) is 73.9 Å². The molecule has 0 heterocycles. The molecular formula is C41H61NO5. The van der Waals surface area contributed by atoms with Gasteiger partial charge in [0.2, 0.25) is 5.91 Å². The van der Waals surface area contributed by atoms with Gasteiger partial charge in [-0.05, 0) is 141 Å². The van der Waals surface area contributed by atoms with Crippen molar-refractivity contribution in [2.45, 2.75) is 119 Å². The number of esters is 1. The standard InChI is InChI=1S/C41H61NO5/c1-26(2)30-16-21-41(36(44)42-24-25-46-29-12-10-28(45-9)11-13-29)23-22-39(7)31(35(30)41)14-15-33-38(6)19-18-34(47-27(3)43)37(4,5)32(38)17-20-40(33,39)8/h10-13,30-35H,1,14-25H2,2-9H3,(H,42,44)/t30-,31?,32?,33?,34-,35?,38-,39+,40+,41-/m0/s1. The molecule has 5 aliphatic rings. The predicted octanol–water partition coefficient (Wildman–Crippen LogP) is 8.78. The van der Waals surface area contributed by atoms with Gasteiger partial charge in [0.05, 0.1) is 19.1 Å². The summed E-state index contributed by atoms with van der Waals surface area (Å²) >= 11 is 0. The second-order valence-corrected chi connectivity index (χ2v) is 17.6. The average Bonchev–Trinajstić information content (AvgIpc) is 3.42. The van der Waals surface area contributed by atoms with Crippen molar-refractivity contribution < 1.29 is 23.8 Å². The summed E-state index contributed by atoms with van der Waals surface area (Å²) in [5.74, 6) is 4.07. The maximum absolute atomic E-state index is 14.4. The third kappa shape index (κ3) is 5.25. The van der Waals surface area contributed by atoms with Crippen molar-refractivity contribution in [3.05, 3.63) is 36.4 Å². The molecule has 10 atom stereocenters. The van der Waals surface area contributed by atoms with Crippen LogP contribution in [0.3, 0.4) is 0 Å². The zero-order valence-corrected chi connectivity index (χ0v) is 30.5. The van der Waals surface area contributed by atoms with Gasteiger partial charge in [0.1, 0.15) is 24.2 Å². The number of ether oxygens (including phenoxy) is 3. The van der Waals surface area contributed by atoms with Crippen LogP contribution in [0, 0.1) is 56.7 Å². The zero-order valence-electron chi connectivity index (χ0n) is 30.5. The molecule has 1 amide bonds. The average molecular weight is 648 g/mol. The van der Waals surface area contributed by atoms with Crippen LogP contribution in [-0.4, -0.2) is 38.2 Å². The highest BCUT2D eigenvalue weighted by atomic mass is 16.5. The SMILES string of the molecule is C=C(C)[C@@H]1CC[C@]2(C(=O)NCCOc3ccc(OC)cc3)CC[C@]3(C)C(CCC4[C@@]5(C)CC[C@H](OC(C)=O)C(C)(C)C5CC[C@]43C)C12. The summed E-state index contributed by atoms with van der Waals surface area (Å²) in [4.78, 5) is 26.4. The third-order valence-electron chi connectivity index (χ3n) is 15.5. The molecule has 6 heteroatoms. The van der Waals surface area contributed by atoms with Crippen LogP contribution in [0.4, 0.5) is 0 Å². The monoisotopic (exact) mass is 647 g/mol. The number of hydrogen-bond acceptors (Lipinski definition) is 5. The van der Waals surface area contributed by atoms with Crippen LogP contribution in [0.25, 0.3) is 0 Å². The molecule has 1 aromatic carbocycles. The van der Waals surface area contributed by atoms with Crippen LogP contribution in [0.1, 0.15) is 113 Å². The Morgan fingerprint density at radius 1 is 0.830 bits per heavy atom. The Morgan fingerprint density at radius 2 is 1.53 bits per heavy atom. The minimum atomic E-state index is -0.331. The van der Waals surface area contributed by atoms with E-state index in [9.17, 15) is 9.59 Å². The van der Waals surface area contributed by atoms with E-state index in [2.05, 4.69) is 53.4 Å². The van der Waals surface area contributed by atoms with E-state index >= 15 is 0 Å². The third-order valence-corrected chi connectivity index (χ3v) is 15.5. The summed E-state index contributed by atoms with van der Waals surface area (Å²) in [7, 11) is 1.66. The van der Waals surface area contributed by atoms with Gasteiger partial charge in [-0.25, -0.2) is 0 Å². The lowest BCUT2D eigenvalue weighted by Crippen LogP contribution is -2.67. The highest BCUT2D eigenvalue weighted by Crippen LogP contribution is 2.77. The number of hydrogen-bond donors (Lipinski definition) is 1. The molecule has 6 nitrogen and oxygen atoms in total. The van der Waals surface area contributed by atoms with E-state index in [1.54, 1.807) is 14.0 Å². The maximum atomic E-state index is 14.4. The van der Waals surface area contributed by atoms with Crippen molar-refractivity contribution in [3.8, 4) is 11.5 Å². The highest BCUT2D eigenvalue weighted by molar-refractivity contribution is 5.84. The van der Waals surface area contributed by atoms with Crippen molar-refractivity contribution in [3.63, 3.8) is 0 Å². The van der Waals surface area contributed by atoms with E-state index in [0.29, 0.717) is 42.7 Å². The summed E-state index contributed by atoms with van der Waals surface area (Å²) < 4.78 is 17.2. The number of nitrogens with one attached hydrogen (secondary N) is 1. The minimum Gasteiger partial charge on any atom is -0.497 e. The summed E-state index contributed by atoms with van der Waals surface area (Å²) in [6, 6.07) is 7.60. The van der Waals surface area contributed by atoms with E-state index < -0.39 is 0 Å². The van der Waals surface area contributed by atoms with Crippen LogP contribution in [0.5, 0.6) is 11.5 Å². The molecule has 5 saturated carbocycles. The lowest BCUT2D eigenvalue weighted by atomic mass is 9.32. The molecule has 6 rings (SSSR count). The Labute approximate surface area is 284 Å². The molecule has 0 spiro atoms. The Kier molecular flexibility index (Phi) is 8.87. The second-order valence-electron chi connectivity index (χ2n) is 17.6. The summed E-state index contributed by atoms with van der Waals surface area (Å²) in [6.07, 6.45) is 11.0. The van der Waals surface area contributed by atoms with E-state index in [-0.39, 0.29) is 45.1 Å². The fraction of sp³-hybridized carbons (Fsp3) is 0.756. The van der Waals surface area contributed by atoms with Gasteiger partial charge >= 0.3 is 5.97 Å². The number of benzene rings is 1. The van der Waals surface area contributed by atoms with Gasteiger partial charge in [-0.1, -0.05) is 46.8 Å². The Morgan fingerprint density at radius 3 is 2.19 bits per heavy atom. The number of amides is 1. The number of fused-ring (bicyclic) bond motifs is 7. The van der Waals surface area contributed by atoms with Crippen LogP contribution in [0.15, 0.2) is 36.4 Å². The summed E-state index contributed by atoms with van der Waals surface area (Å²) in [5, 5.41) is 3.36. The van der Waals surface area contributed by atoms with E-state index in [1.165, 1.54) is 31.3 Å². The quantitative estimate of drug-likeness (QED) is 0.174. The minimum absolute atomic E-state index is 0.000382. The first-order valence-electron chi connectivity index (χ1n) is 18.5. The first-order valence-corrected chi connectivity index (χ1v) is 18.5. The van der Waals surface area contributed by atoms with Gasteiger partial charge in [0, 0.05) is 12.3 Å². The van der Waals surface area contributed by atoms with Crippen LogP contribution in [-0.2, 0) is 14.3 Å². The number of carbonyl (C=O) groups is 2. The molecule has 5 fully saturated rings. The van der Waals surface area contributed by atoms with Crippen molar-refractivity contribution in [1.29, 1.82) is 0 Å². The lowest BCUT2D eigenvalue weighted by molar-refractivity contribution is -0.248. The van der Waals surface area contributed by atoms with Crippen molar-refractivity contribution >= 4 is 11.9 Å². The molecule has 1 N–H and O–H groups in total. The molecular weight excluding hydrogens is 586 g/mol. The molecule has 4 unspecified atom stereocenters. The van der Waals surface area contributed by atoms with Crippen molar-refractivity contribution in [1.82, 2.24) is 5.32 Å². The van der Waals surface area contributed by atoms with Gasteiger partial charge < -0.3 is 19.5 Å². The first kappa shape index (κ1) is 34.4. The molecule has 5 aliphatic carbocycles. The zero-order chi connectivity index (χ0) is 34.0. The van der Waals surface area contributed by atoms with E-state index in [0.717, 1.165) is 50.0 Å². The van der Waals surface area contributed by atoms with Gasteiger partial charge in [0.15, 0.2) is 0 Å². The van der Waals surface area contributed by atoms with E-state index in [1.807, 2.05) is 24.3 Å². The molecule has 1 aromatic rings. The Balaban J connectivity index is 1.22. The van der Waals surface area contributed by atoms with Crippen molar-refractivity contribution in [2.24, 2.45) is 56.7 Å². The molecule has 0 aromatic heterocycles. The molecule has 47 heavy (non-hydrogen) atoms. The highest BCUT2D eigenvalue weighted by Gasteiger charge is 2.72. The number of methoxy groups -OCH3 is 1. The Bertz CT molecular complexity index is 1370. The largest absolute Gasteiger partial charge is 0.497 e. The second kappa shape index (κ2) is 12.1. The maximum Gasteiger partial charge on any atom is 0.302 e. The van der Waals surface area contributed by atoms with Crippen LogP contribution in [0.2, 0.25) is 0 Å². The molecule has 0 aliphatic heterocycles. The Hall–Kier alpha value is -2.50. The fourth-order valence-electron chi connectivity index (χ4n) is 13.1. The molecule has 0 saturated heterocycles. The van der Waals surface area contributed by atoms with Gasteiger partial charge in [-0.2, -0.15) is 0 Å².